The summed E-state index contributed by atoms with van der Waals surface area (Å²) in [6, 6.07) is 1.74. The van der Waals surface area contributed by atoms with Crippen LogP contribution in [0.5, 0.6) is 0 Å². The van der Waals surface area contributed by atoms with E-state index in [0.29, 0.717) is 15.1 Å². The van der Waals surface area contributed by atoms with E-state index in [-0.39, 0.29) is 6.04 Å². The van der Waals surface area contributed by atoms with Gasteiger partial charge < -0.3 is 5.32 Å². The quantitative estimate of drug-likeness (QED) is 0.906. The minimum absolute atomic E-state index is 0.0798. The molecule has 18 heavy (non-hydrogen) atoms. The summed E-state index contributed by atoms with van der Waals surface area (Å²) >= 11 is 7.11. The Morgan fingerprint density at radius 1 is 1.56 bits per heavy atom. The van der Waals surface area contributed by atoms with Crippen molar-refractivity contribution < 1.29 is 8.42 Å². The van der Waals surface area contributed by atoms with Crippen molar-refractivity contribution in [3.05, 3.63) is 16.0 Å². The van der Waals surface area contributed by atoms with E-state index in [1.165, 1.54) is 0 Å². The van der Waals surface area contributed by atoms with Crippen LogP contribution in [0.2, 0.25) is 4.34 Å². The maximum Gasteiger partial charge on any atom is 0.252 e. The highest BCUT2D eigenvalue weighted by Crippen LogP contribution is 2.33. The molecule has 0 amide bonds. The summed E-state index contributed by atoms with van der Waals surface area (Å²) in [5.41, 5.74) is 0.823. The summed E-state index contributed by atoms with van der Waals surface area (Å²) in [7, 11) is -3.40. The smallest absolute Gasteiger partial charge is 0.252 e. The number of halogens is 1. The first kappa shape index (κ1) is 14.3. The minimum Gasteiger partial charge on any atom is -0.313 e. The van der Waals surface area contributed by atoms with Crippen LogP contribution in [0.25, 0.3) is 0 Å². The summed E-state index contributed by atoms with van der Waals surface area (Å²) in [5.74, 6) is 0. The minimum atomic E-state index is -3.40. The Labute approximate surface area is 117 Å². The first-order chi connectivity index (χ1) is 8.46. The zero-order valence-electron chi connectivity index (χ0n) is 10.4. The van der Waals surface area contributed by atoms with Gasteiger partial charge in [0.2, 0.25) is 0 Å². The molecule has 0 unspecified atom stereocenters. The van der Waals surface area contributed by atoms with Gasteiger partial charge in [0.05, 0.1) is 10.4 Å². The van der Waals surface area contributed by atoms with Crippen molar-refractivity contribution in [2.45, 2.75) is 30.5 Å². The molecule has 2 rings (SSSR count). The Hall–Kier alpha value is -0.140. The molecule has 1 fully saturated rings. The molecule has 0 aromatic carbocycles. The molecule has 0 aliphatic carbocycles. The summed E-state index contributed by atoms with van der Waals surface area (Å²) in [6.07, 6.45) is 0.813. The third kappa shape index (κ3) is 2.58. The molecule has 4 nitrogen and oxygen atoms in total. The number of hydrogen-bond acceptors (Lipinski definition) is 4. The second kappa shape index (κ2) is 5.46. The zero-order valence-corrected chi connectivity index (χ0v) is 12.8. The fraction of sp³-hybridized carbons (Fsp3) is 0.636. The Morgan fingerprint density at radius 3 is 2.61 bits per heavy atom. The third-order valence-electron chi connectivity index (χ3n) is 3.01. The predicted molar refractivity (Wildman–Crippen MR) is 74.9 cm³/mol. The van der Waals surface area contributed by atoms with Crippen LogP contribution in [0.15, 0.2) is 10.3 Å². The molecule has 0 spiro atoms. The van der Waals surface area contributed by atoms with Crippen LogP contribution >= 0.6 is 22.9 Å². The van der Waals surface area contributed by atoms with E-state index in [4.69, 9.17) is 11.6 Å². The fourth-order valence-corrected chi connectivity index (χ4v) is 5.42. The van der Waals surface area contributed by atoms with Crippen molar-refractivity contribution in [2.75, 3.05) is 19.6 Å². The molecule has 7 heteroatoms. The summed E-state index contributed by atoms with van der Waals surface area (Å²) in [4.78, 5) is 0. The van der Waals surface area contributed by atoms with Crippen molar-refractivity contribution in [1.82, 2.24) is 9.62 Å². The molecule has 0 bridgehead atoms. The van der Waals surface area contributed by atoms with Gasteiger partial charge in [-0.25, -0.2) is 8.42 Å². The van der Waals surface area contributed by atoms with Gasteiger partial charge in [-0.3, -0.25) is 0 Å². The van der Waals surface area contributed by atoms with Gasteiger partial charge in [0.15, 0.2) is 0 Å². The monoisotopic (exact) mass is 308 g/mol. The standard InChI is InChI=1S/C11H17ClN2O2S2/c1-3-4-14(9-6-13-7-9)18(15,16)10-5-8(2)11(12)17-10/h5,9,13H,3-4,6-7H2,1-2H3. The Balaban J connectivity index is 2.32. The lowest BCUT2D eigenvalue weighted by Gasteiger charge is -2.36. The highest BCUT2D eigenvalue weighted by Gasteiger charge is 2.35. The highest BCUT2D eigenvalue weighted by molar-refractivity contribution is 7.91. The Bertz CT molecular complexity index is 504. The first-order valence-corrected chi connectivity index (χ1v) is 8.58. The van der Waals surface area contributed by atoms with Crippen LogP contribution in [0, 0.1) is 6.92 Å². The maximum atomic E-state index is 12.6. The second-order valence-corrected chi connectivity index (χ2v) is 8.22. The fourth-order valence-electron chi connectivity index (χ4n) is 1.87. The molecular weight excluding hydrogens is 292 g/mol. The van der Waals surface area contributed by atoms with Gasteiger partial charge in [-0.2, -0.15) is 4.31 Å². The van der Waals surface area contributed by atoms with Crippen LogP contribution in [0.3, 0.4) is 0 Å². The van der Waals surface area contributed by atoms with Crippen LogP contribution in [-0.4, -0.2) is 38.4 Å². The van der Waals surface area contributed by atoms with Crippen molar-refractivity contribution in [2.24, 2.45) is 0 Å². The van der Waals surface area contributed by atoms with Crippen LogP contribution in [0.4, 0.5) is 0 Å². The number of thiophene rings is 1. The van der Waals surface area contributed by atoms with Crippen molar-refractivity contribution >= 4 is 33.0 Å². The number of sulfonamides is 1. The molecule has 1 aromatic heterocycles. The van der Waals surface area contributed by atoms with Crippen LogP contribution < -0.4 is 5.32 Å². The third-order valence-corrected chi connectivity index (χ3v) is 6.96. The predicted octanol–water partition coefficient (Wildman–Crippen LogP) is 2.08. The lowest BCUT2D eigenvalue weighted by Crippen LogP contribution is -2.58. The lowest BCUT2D eigenvalue weighted by atomic mass is 10.2. The molecule has 1 aromatic rings. The van der Waals surface area contributed by atoms with E-state index in [2.05, 4.69) is 5.32 Å². The maximum absolute atomic E-state index is 12.6. The molecule has 102 valence electrons. The molecule has 1 N–H and O–H groups in total. The van der Waals surface area contributed by atoms with E-state index in [1.807, 2.05) is 13.8 Å². The van der Waals surface area contributed by atoms with Gasteiger partial charge in [0.25, 0.3) is 10.0 Å². The van der Waals surface area contributed by atoms with E-state index in [1.54, 1.807) is 10.4 Å². The Morgan fingerprint density at radius 2 is 2.22 bits per heavy atom. The molecule has 0 atom stereocenters. The van der Waals surface area contributed by atoms with Crippen LogP contribution in [0.1, 0.15) is 18.9 Å². The molecule has 1 saturated heterocycles. The Kier molecular flexibility index (Phi) is 4.33. The average Bonchev–Trinajstić information content (AvgIpc) is 2.57. The van der Waals surface area contributed by atoms with Gasteiger partial charge in [-0.1, -0.05) is 18.5 Å². The molecular formula is C11H17ClN2O2S2. The number of nitrogens with one attached hydrogen (secondary N) is 1. The van der Waals surface area contributed by atoms with Gasteiger partial charge in [-0.05, 0) is 25.0 Å². The van der Waals surface area contributed by atoms with E-state index in [0.717, 1.165) is 36.4 Å². The molecule has 1 aliphatic rings. The van der Waals surface area contributed by atoms with E-state index in [9.17, 15) is 8.42 Å². The van der Waals surface area contributed by atoms with Crippen molar-refractivity contribution in [3.8, 4) is 0 Å². The largest absolute Gasteiger partial charge is 0.313 e. The number of rotatable bonds is 5. The van der Waals surface area contributed by atoms with E-state index >= 15 is 0 Å². The summed E-state index contributed by atoms with van der Waals surface area (Å²) in [6.45, 7) is 5.84. The highest BCUT2D eigenvalue weighted by atomic mass is 35.5. The van der Waals surface area contributed by atoms with Crippen molar-refractivity contribution in [3.63, 3.8) is 0 Å². The number of aryl methyl sites for hydroxylation is 1. The van der Waals surface area contributed by atoms with Crippen LogP contribution in [-0.2, 0) is 10.0 Å². The zero-order chi connectivity index (χ0) is 13.3. The first-order valence-electron chi connectivity index (χ1n) is 5.95. The molecule has 0 radical (unpaired) electrons. The second-order valence-electron chi connectivity index (χ2n) is 4.45. The summed E-state index contributed by atoms with van der Waals surface area (Å²) < 4.78 is 27.7. The van der Waals surface area contributed by atoms with Gasteiger partial charge in [0.1, 0.15) is 4.21 Å². The number of hydrogen-bond donors (Lipinski definition) is 1. The topological polar surface area (TPSA) is 49.4 Å². The summed E-state index contributed by atoms with van der Waals surface area (Å²) in [5, 5.41) is 3.11. The normalized spacial score (nSPS) is 17.1. The van der Waals surface area contributed by atoms with Gasteiger partial charge in [-0.15, -0.1) is 11.3 Å². The van der Waals surface area contributed by atoms with E-state index < -0.39 is 10.0 Å². The SMILES string of the molecule is CCCN(C1CNC1)S(=O)(=O)c1cc(C)c(Cl)s1. The molecule has 0 saturated carbocycles. The molecule has 2 heterocycles. The average molecular weight is 309 g/mol. The van der Waals surface area contributed by atoms with Gasteiger partial charge >= 0.3 is 0 Å². The lowest BCUT2D eigenvalue weighted by molar-refractivity contribution is 0.242. The molecule has 1 aliphatic heterocycles. The van der Waals surface area contributed by atoms with Crippen molar-refractivity contribution in [1.29, 1.82) is 0 Å². The van der Waals surface area contributed by atoms with Gasteiger partial charge in [0, 0.05) is 19.6 Å². The number of nitrogens with zero attached hydrogens (tertiary/aromatic N) is 1.